The molecule has 0 amide bonds. The van der Waals surface area contributed by atoms with Crippen LogP contribution in [0.15, 0.2) is 22.7 Å². The minimum absolute atomic E-state index is 0.556. The normalized spacial score (nSPS) is 11.0. The van der Waals surface area contributed by atoms with E-state index in [2.05, 4.69) is 15.9 Å². The zero-order chi connectivity index (χ0) is 10.1. The summed E-state index contributed by atoms with van der Waals surface area (Å²) in [6, 6.07) is 7.20. The molecule has 1 N–H and O–H groups in total. The topological polar surface area (TPSA) is 44.0 Å². The Balaban J connectivity index is 3.29. The van der Waals surface area contributed by atoms with Gasteiger partial charge in [0.1, 0.15) is 0 Å². The van der Waals surface area contributed by atoms with Gasteiger partial charge in [-0.15, -0.1) is 0 Å². The molecule has 0 unspecified atom stereocenters. The van der Waals surface area contributed by atoms with Crippen molar-refractivity contribution in [2.75, 3.05) is 0 Å². The highest BCUT2D eigenvalue weighted by atomic mass is 79.9. The number of hydrogen-bond donors (Lipinski definition) is 1. The molecular weight excluding hydrogens is 230 g/mol. The molecule has 13 heavy (non-hydrogen) atoms. The van der Waals surface area contributed by atoms with Gasteiger partial charge in [0.15, 0.2) is 0 Å². The van der Waals surface area contributed by atoms with Crippen LogP contribution in [0.3, 0.4) is 0 Å². The summed E-state index contributed by atoms with van der Waals surface area (Å²) in [6.07, 6.45) is 0. The standard InChI is InChI=1S/C10H10BrNO/c1-10(2,13)8-5-7(6-12)3-4-9(8)11/h3-5,13H,1-2H3. The fraction of sp³-hybridized carbons (Fsp3) is 0.300. The van der Waals surface area contributed by atoms with Crippen molar-refractivity contribution in [1.29, 1.82) is 5.26 Å². The summed E-state index contributed by atoms with van der Waals surface area (Å²) in [5.41, 5.74) is 0.359. The highest BCUT2D eigenvalue weighted by Gasteiger charge is 2.19. The summed E-state index contributed by atoms with van der Waals surface area (Å²) in [7, 11) is 0. The van der Waals surface area contributed by atoms with Crippen LogP contribution in [-0.4, -0.2) is 5.11 Å². The van der Waals surface area contributed by atoms with Crippen molar-refractivity contribution < 1.29 is 5.11 Å². The average molecular weight is 240 g/mol. The molecule has 1 aromatic rings. The maximum Gasteiger partial charge on any atom is 0.0991 e. The quantitative estimate of drug-likeness (QED) is 0.819. The van der Waals surface area contributed by atoms with E-state index in [1.54, 1.807) is 32.0 Å². The fourth-order valence-electron chi connectivity index (χ4n) is 1.06. The lowest BCUT2D eigenvalue weighted by atomic mass is 9.97. The maximum atomic E-state index is 9.75. The molecule has 0 heterocycles. The van der Waals surface area contributed by atoms with Crippen LogP contribution >= 0.6 is 15.9 Å². The third kappa shape index (κ3) is 2.30. The fourth-order valence-corrected chi connectivity index (χ4v) is 1.80. The lowest BCUT2D eigenvalue weighted by Gasteiger charge is -2.19. The molecule has 1 aromatic carbocycles. The van der Waals surface area contributed by atoms with Crippen molar-refractivity contribution in [3.63, 3.8) is 0 Å². The highest BCUT2D eigenvalue weighted by Crippen LogP contribution is 2.28. The van der Waals surface area contributed by atoms with Crippen LogP contribution in [0.2, 0.25) is 0 Å². The zero-order valence-corrected chi connectivity index (χ0v) is 9.09. The van der Waals surface area contributed by atoms with E-state index in [1.165, 1.54) is 0 Å². The molecule has 0 saturated heterocycles. The van der Waals surface area contributed by atoms with E-state index >= 15 is 0 Å². The molecule has 0 aliphatic carbocycles. The molecule has 0 aromatic heterocycles. The van der Waals surface area contributed by atoms with Gasteiger partial charge in [-0.1, -0.05) is 15.9 Å². The number of nitriles is 1. The molecule has 3 heteroatoms. The van der Waals surface area contributed by atoms with Crippen molar-refractivity contribution >= 4 is 15.9 Å². The van der Waals surface area contributed by atoms with Crippen LogP contribution in [-0.2, 0) is 5.60 Å². The second kappa shape index (κ2) is 3.49. The first-order valence-corrected chi connectivity index (χ1v) is 4.67. The third-order valence-electron chi connectivity index (χ3n) is 1.75. The van der Waals surface area contributed by atoms with Crippen LogP contribution in [0.25, 0.3) is 0 Å². The number of nitrogens with zero attached hydrogens (tertiary/aromatic N) is 1. The first-order valence-electron chi connectivity index (χ1n) is 3.87. The Labute approximate surface area is 85.9 Å². The summed E-state index contributed by atoms with van der Waals surface area (Å²) >= 11 is 3.33. The smallest absolute Gasteiger partial charge is 0.0991 e. The molecular formula is C10H10BrNO. The third-order valence-corrected chi connectivity index (χ3v) is 2.45. The van der Waals surface area contributed by atoms with Crippen molar-refractivity contribution in [3.05, 3.63) is 33.8 Å². The first-order chi connectivity index (χ1) is 5.95. The number of halogens is 1. The SMILES string of the molecule is CC(C)(O)c1cc(C#N)ccc1Br. The Morgan fingerprint density at radius 2 is 2.08 bits per heavy atom. The Morgan fingerprint density at radius 3 is 2.54 bits per heavy atom. The van der Waals surface area contributed by atoms with Gasteiger partial charge in [-0.25, -0.2) is 0 Å². The van der Waals surface area contributed by atoms with Crippen molar-refractivity contribution in [2.45, 2.75) is 19.4 Å². The van der Waals surface area contributed by atoms with Crippen LogP contribution in [0, 0.1) is 11.3 Å². The second-order valence-corrected chi connectivity index (χ2v) is 4.22. The molecule has 1 rings (SSSR count). The number of benzene rings is 1. The van der Waals surface area contributed by atoms with E-state index in [4.69, 9.17) is 5.26 Å². The Bertz CT molecular complexity index is 360. The van der Waals surface area contributed by atoms with Gasteiger partial charge in [-0.05, 0) is 37.6 Å². The van der Waals surface area contributed by atoms with Crippen molar-refractivity contribution in [1.82, 2.24) is 0 Å². The number of aliphatic hydroxyl groups is 1. The van der Waals surface area contributed by atoms with Crippen LogP contribution in [0.1, 0.15) is 25.0 Å². The monoisotopic (exact) mass is 239 g/mol. The molecule has 0 spiro atoms. The molecule has 0 saturated carbocycles. The first kappa shape index (κ1) is 10.2. The Morgan fingerprint density at radius 1 is 1.46 bits per heavy atom. The molecule has 2 nitrogen and oxygen atoms in total. The minimum atomic E-state index is -0.925. The van der Waals surface area contributed by atoms with E-state index in [0.717, 1.165) is 10.0 Å². The van der Waals surface area contributed by atoms with E-state index in [-0.39, 0.29) is 0 Å². The predicted molar refractivity (Wildman–Crippen MR) is 54.1 cm³/mol. The summed E-state index contributed by atoms with van der Waals surface area (Å²) < 4.78 is 0.819. The van der Waals surface area contributed by atoms with Crippen molar-refractivity contribution in [2.24, 2.45) is 0 Å². The molecule has 0 radical (unpaired) electrons. The van der Waals surface area contributed by atoms with Crippen LogP contribution < -0.4 is 0 Å². The Kier molecular flexibility index (Phi) is 2.74. The Hall–Kier alpha value is -0.850. The highest BCUT2D eigenvalue weighted by molar-refractivity contribution is 9.10. The lowest BCUT2D eigenvalue weighted by molar-refractivity contribution is 0.0778. The van der Waals surface area contributed by atoms with Crippen LogP contribution in [0.4, 0.5) is 0 Å². The molecule has 0 bridgehead atoms. The largest absolute Gasteiger partial charge is 0.386 e. The average Bonchev–Trinajstić information content (AvgIpc) is 2.03. The number of hydrogen-bond acceptors (Lipinski definition) is 2. The van der Waals surface area contributed by atoms with Gasteiger partial charge in [0.05, 0.1) is 17.2 Å². The maximum absolute atomic E-state index is 9.75. The van der Waals surface area contributed by atoms with Gasteiger partial charge in [-0.3, -0.25) is 0 Å². The predicted octanol–water partition coefficient (Wildman–Crippen LogP) is 2.55. The van der Waals surface area contributed by atoms with Gasteiger partial charge in [0.25, 0.3) is 0 Å². The summed E-state index contributed by atoms with van der Waals surface area (Å²) in [5, 5.41) is 18.4. The summed E-state index contributed by atoms with van der Waals surface area (Å²) in [4.78, 5) is 0. The van der Waals surface area contributed by atoms with Gasteiger partial charge in [0, 0.05) is 4.47 Å². The van der Waals surface area contributed by atoms with E-state index < -0.39 is 5.60 Å². The molecule has 0 fully saturated rings. The zero-order valence-electron chi connectivity index (χ0n) is 7.50. The molecule has 0 atom stereocenters. The van der Waals surface area contributed by atoms with Gasteiger partial charge < -0.3 is 5.11 Å². The summed E-state index contributed by atoms with van der Waals surface area (Å²) in [5.74, 6) is 0. The van der Waals surface area contributed by atoms with Gasteiger partial charge in [0.2, 0.25) is 0 Å². The van der Waals surface area contributed by atoms with Gasteiger partial charge >= 0.3 is 0 Å². The molecule has 0 aliphatic rings. The molecule has 0 aliphatic heterocycles. The van der Waals surface area contributed by atoms with E-state index in [1.807, 2.05) is 6.07 Å². The second-order valence-electron chi connectivity index (χ2n) is 3.37. The van der Waals surface area contributed by atoms with E-state index in [0.29, 0.717) is 5.56 Å². The van der Waals surface area contributed by atoms with Crippen LogP contribution in [0.5, 0.6) is 0 Å². The lowest BCUT2D eigenvalue weighted by Crippen LogP contribution is -2.16. The molecule has 68 valence electrons. The van der Waals surface area contributed by atoms with Gasteiger partial charge in [-0.2, -0.15) is 5.26 Å². The number of rotatable bonds is 1. The minimum Gasteiger partial charge on any atom is -0.386 e. The van der Waals surface area contributed by atoms with Crippen molar-refractivity contribution in [3.8, 4) is 6.07 Å². The summed E-state index contributed by atoms with van der Waals surface area (Å²) in [6.45, 7) is 3.38. The van der Waals surface area contributed by atoms with E-state index in [9.17, 15) is 5.11 Å².